The predicted octanol–water partition coefficient (Wildman–Crippen LogP) is -10.4. The van der Waals surface area contributed by atoms with E-state index in [0.717, 1.165) is 0 Å². The van der Waals surface area contributed by atoms with Gasteiger partial charge >= 0.3 is 65.1 Å². The van der Waals surface area contributed by atoms with Crippen LogP contribution in [0.1, 0.15) is 25.7 Å². The number of aliphatic carboxylic acids is 3. The van der Waals surface area contributed by atoms with Gasteiger partial charge in [0.15, 0.2) is 4.87 Å². The van der Waals surface area contributed by atoms with Gasteiger partial charge < -0.3 is 30.6 Å². The Morgan fingerprint density at radius 2 is 1.67 bits per heavy atom. The maximum Gasteiger partial charge on any atom is 1.00 e. The molecule has 0 aromatic carbocycles. The van der Waals surface area contributed by atoms with Crippen molar-refractivity contribution in [3.05, 3.63) is 0 Å². The molecule has 0 saturated carbocycles. The Bertz CT molecular complexity index is 542. The van der Waals surface area contributed by atoms with Gasteiger partial charge in [-0.05, 0) is 19.4 Å². The molecule has 14 heteroatoms. The van der Waals surface area contributed by atoms with Crippen LogP contribution in [-0.2, 0) is 24.5 Å². The molecule has 0 bridgehead atoms. The molecule has 0 saturated heterocycles. The first-order valence-electron chi connectivity index (χ1n) is 6.07. The van der Waals surface area contributed by atoms with E-state index < -0.39 is 45.4 Å². The van der Waals surface area contributed by atoms with Crippen LogP contribution < -0.4 is 80.4 Å². The van der Waals surface area contributed by atoms with E-state index in [1.165, 1.54) is 0 Å². The number of carboxylic acids is 3. The van der Waals surface area contributed by atoms with Crippen LogP contribution in [-0.4, -0.2) is 53.4 Å². The minimum Gasteiger partial charge on any atom is -0.550 e. The Hall–Kier alpha value is 0.240. The Balaban J connectivity index is -0.00000220. The molecule has 0 rings (SSSR count). The van der Waals surface area contributed by atoms with Crippen LogP contribution >= 0.6 is 0 Å². The molecule has 0 fully saturated rings. The fourth-order valence-electron chi connectivity index (χ4n) is 1.69. The molecule has 0 spiro atoms. The van der Waals surface area contributed by atoms with Crippen LogP contribution in [0, 0.1) is 0 Å². The van der Waals surface area contributed by atoms with Gasteiger partial charge in [-0.1, -0.05) is 6.42 Å². The second kappa shape index (κ2) is 12.6. The molecule has 1 unspecified atom stereocenters. The molecular weight excluding hydrogens is 370 g/mol. The molecule has 5 N–H and O–H groups in total. The van der Waals surface area contributed by atoms with Crippen LogP contribution in [0.3, 0.4) is 0 Å². The van der Waals surface area contributed by atoms with Crippen LogP contribution in [0.25, 0.3) is 0 Å². The van der Waals surface area contributed by atoms with Gasteiger partial charge in [-0.3, -0.25) is 14.7 Å². The average Bonchev–Trinajstić information content (AvgIpc) is 2.33. The molecule has 0 aliphatic carbocycles. The first-order valence-corrected chi connectivity index (χ1v) is 7.51. The molecule has 11 nitrogen and oxygen atoms in total. The summed E-state index contributed by atoms with van der Waals surface area (Å²) >= 11 is 0. The van der Waals surface area contributed by atoms with E-state index in [0.29, 0.717) is 6.42 Å². The van der Waals surface area contributed by atoms with Gasteiger partial charge in [0.1, 0.15) is 6.04 Å². The molecule has 0 aliphatic heterocycles. The third-order valence-electron chi connectivity index (χ3n) is 2.82. The summed E-state index contributed by atoms with van der Waals surface area (Å²) in [7, 11) is -5.56. The average molecular weight is 386 g/mol. The summed E-state index contributed by atoms with van der Waals surface area (Å²) in [5.74, 6) is -6.28. The summed E-state index contributed by atoms with van der Waals surface area (Å²) in [5.41, 5.74) is 5.21. The second-order valence-electron chi connectivity index (χ2n) is 4.46. The van der Waals surface area contributed by atoms with Crippen LogP contribution in [0.4, 0.5) is 0 Å². The topological polar surface area (TPSA) is 210 Å². The zero-order valence-corrected chi connectivity index (χ0v) is 18.2. The van der Waals surface area contributed by atoms with Gasteiger partial charge in [-0.25, -0.2) is 0 Å². The van der Waals surface area contributed by atoms with Crippen molar-refractivity contribution in [3.63, 3.8) is 0 Å². The van der Waals surface area contributed by atoms with E-state index >= 15 is 0 Å². The first-order chi connectivity index (χ1) is 9.98. The second-order valence-corrected chi connectivity index (χ2v) is 6.10. The van der Waals surface area contributed by atoms with Gasteiger partial charge in [0.25, 0.3) is 10.1 Å². The summed E-state index contributed by atoms with van der Waals surface area (Å²) in [6.45, 7) is 0.218. The molecular formula is C10H16N2Na2O9S. The largest absolute Gasteiger partial charge is 1.00 e. The summed E-state index contributed by atoms with van der Waals surface area (Å²) in [4.78, 5) is 29.2. The SMILES string of the molecule is NCCCC[C@H](NC(CC(=O)[O-])(C(=O)[O-])S(=O)(=O)O)C(=O)O.[Na+].[Na+]. The molecule has 0 aliphatic rings. The molecule has 0 radical (unpaired) electrons. The number of hydrogen-bond donors (Lipinski definition) is 4. The molecule has 0 amide bonds. The third kappa shape index (κ3) is 8.56. The Kier molecular flexibility index (Phi) is 15.2. The first kappa shape index (κ1) is 29.0. The standard InChI is InChI=1S/C10H18N2O9S.2Na/c11-4-2-1-3-6(8(15)16)12-10(9(17)18,5-7(13)14)22(19,20)21;;/h6,12H,1-5,11H2,(H,13,14)(H,15,16)(H,17,18)(H,19,20,21);;/q;2*+1/p-2/t6-,10?;;/m0../s1. The molecule has 2 atom stereocenters. The monoisotopic (exact) mass is 386 g/mol. The number of carboxylic acid groups (broad SMARTS) is 3. The number of rotatable bonds is 11. The minimum atomic E-state index is -5.56. The number of carbonyl (C=O) groups excluding carboxylic acids is 2. The maximum absolute atomic E-state index is 11.3. The quantitative estimate of drug-likeness (QED) is 0.149. The van der Waals surface area contributed by atoms with E-state index in [1.807, 2.05) is 0 Å². The summed E-state index contributed by atoms with van der Waals surface area (Å²) in [6.07, 6.45) is -1.41. The summed E-state index contributed by atoms with van der Waals surface area (Å²) < 4.78 is 31.6. The van der Waals surface area contributed by atoms with Crippen molar-refractivity contribution in [2.45, 2.75) is 36.6 Å². The van der Waals surface area contributed by atoms with Crippen LogP contribution in [0.2, 0.25) is 0 Å². The van der Waals surface area contributed by atoms with Crippen LogP contribution in [0.5, 0.6) is 0 Å². The number of unbranched alkanes of at least 4 members (excludes halogenated alkanes) is 1. The zero-order chi connectivity index (χ0) is 17.6. The van der Waals surface area contributed by atoms with Crippen molar-refractivity contribution in [3.8, 4) is 0 Å². The summed E-state index contributed by atoms with van der Waals surface area (Å²) in [6, 6.07) is -1.76. The maximum atomic E-state index is 11.3. The zero-order valence-electron chi connectivity index (χ0n) is 13.4. The van der Waals surface area contributed by atoms with Gasteiger partial charge in [0.2, 0.25) is 0 Å². The molecule has 0 aromatic heterocycles. The van der Waals surface area contributed by atoms with Crippen molar-refractivity contribution in [1.29, 1.82) is 0 Å². The van der Waals surface area contributed by atoms with Gasteiger partial charge in [-0.2, -0.15) is 8.42 Å². The van der Waals surface area contributed by atoms with Crippen molar-refractivity contribution in [1.82, 2.24) is 5.32 Å². The minimum absolute atomic E-state index is 0. The van der Waals surface area contributed by atoms with E-state index in [4.69, 9.17) is 15.4 Å². The van der Waals surface area contributed by atoms with Crippen molar-refractivity contribution < 1.29 is 102 Å². The molecule has 0 aromatic rings. The number of nitrogens with one attached hydrogen (secondary N) is 1. The smallest absolute Gasteiger partial charge is 0.550 e. The van der Waals surface area contributed by atoms with Crippen molar-refractivity contribution >= 4 is 28.0 Å². The molecule has 24 heavy (non-hydrogen) atoms. The van der Waals surface area contributed by atoms with E-state index in [2.05, 4.69) is 0 Å². The Morgan fingerprint density at radius 1 is 1.17 bits per heavy atom. The van der Waals surface area contributed by atoms with Gasteiger partial charge in [-0.15, -0.1) is 0 Å². The fourth-order valence-corrected chi connectivity index (χ4v) is 2.49. The van der Waals surface area contributed by atoms with Crippen molar-refractivity contribution in [2.75, 3.05) is 6.54 Å². The van der Waals surface area contributed by atoms with E-state index in [9.17, 15) is 33.0 Å². The Morgan fingerprint density at radius 3 is 1.96 bits per heavy atom. The van der Waals surface area contributed by atoms with Crippen LogP contribution in [0.15, 0.2) is 0 Å². The van der Waals surface area contributed by atoms with E-state index in [-0.39, 0.29) is 78.5 Å². The fraction of sp³-hybridized carbons (Fsp3) is 0.700. The van der Waals surface area contributed by atoms with E-state index in [1.54, 1.807) is 5.32 Å². The normalized spacial score (nSPS) is 14.4. The molecule has 128 valence electrons. The number of hydrogen-bond acceptors (Lipinski definition) is 9. The summed E-state index contributed by atoms with van der Waals surface area (Å²) in [5, 5.41) is 32.3. The van der Waals surface area contributed by atoms with Crippen molar-refractivity contribution in [2.24, 2.45) is 5.73 Å². The molecule has 0 heterocycles. The van der Waals surface area contributed by atoms with Gasteiger partial charge in [0, 0.05) is 12.4 Å². The predicted molar refractivity (Wildman–Crippen MR) is 66.4 cm³/mol. The Labute approximate surface area is 182 Å². The number of nitrogens with two attached hydrogens (primary N) is 1. The number of carbonyl (C=O) groups is 3. The van der Waals surface area contributed by atoms with Gasteiger partial charge in [0.05, 0.1) is 5.97 Å². The third-order valence-corrected chi connectivity index (χ3v) is 4.13.